The lowest BCUT2D eigenvalue weighted by atomic mass is 9.60. The number of hydrogen-bond donors (Lipinski definition) is 0. The van der Waals surface area contributed by atoms with Crippen LogP contribution in [0.4, 0.5) is 0 Å². The molecule has 4 aliphatic carbocycles. The van der Waals surface area contributed by atoms with E-state index < -0.39 is 17.2 Å². The molecule has 0 aromatic heterocycles. The molecule has 2 atom stereocenters. The van der Waals surface area contributed by atoms with Gasteiger partial charge in [-0.1, -0.05) is 219 Å². The summed E-state index contributed by atoms with van der Waals surface area (Å²) in [5.74, 6) is 4.55. The van der Waals surface area contributed by atoms with E-state index >= 15 is 0 Å². The molecular weight excluding hydrogens is 939 g/mol. The van der Waals surface area contributed by atoms with Crippen molar-refractivity contribution < 1.29 is 27.1 Å². The monoisotopic (exact) mass is 1050 g/mol. The van der Waals surface area contributed by atoms with Gasteiger partial charge in [-0.05, 0) is 154 Å². The van der Waals surface area contributed by atoms with Crippen LogP contribution in [0.1, 0.15) is 307 Å². The highest BCUT2D eigenvalue weighted by atomic mass is 31.2. The molecule has 4 aliphatic rings. The molecule has 4 saturated carbocycles. The van der Waals surface area contributed by atoms with E-state index in [1.54, 1.807) is 0 Å². The van der Waals surface area contributed by atoms with Crippen LogP contribution in [0.5, 0.6) is 11.5 Å². The van der Waals surface area contributed by atoms with Crippen molar-refractivity contribution >= 4 is 17.2 Å². The second kappa shape index (κ2) is 36.8. The van der Waals surface area contributed by atoms with E-state index in [-0.39, 0.29) is 17.6 Å². The third-order valence-corrected chi connectivity index (χ3v) is 20.5. The lowest BCUT2D eigenvalue weighted by Gasteiger charge is -2.46. The molecule has 0 aliphatic heterocycles. The lowest BCUT2D eigenvalue weighted by Crippen LogP contribution is -2.38. The maximum Gasteiger partial charge on any atom is 0.397 e. The molecule has 0 bridgehead atoms. The fourth-order valence-electron chi connectivity index (χ4n) is 13.0. The molecule has 6 nitrogen and oxygen atoms in total. The van der Waals surface area contributed by atoms with Gasteiger partial charge in [0.2, 0.25) is 0 Å². The second-order valence-electron chi connectivity index (χ2n) is 24.2. The van der Waals surface area contributed by atoms with E-state index in [0.717, 1.165) is 50.0 Å². The zero-order valence-corrected chi connectivity index (χ0v) is 49.4. The number of benzene rings is 2. The van der Waals surface area contributed by atoms with Crippen LogP contribution in [0, 0.1) is 17.3 Å². The van der Waals surface area contributed by atoms with Gasteiger partial charge in [0.05, 0.1) is 25.4 Å². The Morgan fingerprint density at radius 2 is 0.671 bits per heavy atom. The van der Waals surface area contributed by atoms with Crippen LogP contribution in [-0.4, -0.2) is 25.4 Å². The second-order valence-corrected chi connectivity index (χ2v) is 26.4. The molecule has 0 radical (unpaired) electrons. The molecule has 4 fully saturated rings. The average molecular weight is 1050 g/mol. The van der Waals surface area contributed by atoms with Crippen molar-refractivity contribution in [3.63, 3.8) is 0 Å². The van der Waals surface area contributed by atoms with Crippen LogP contribution in [0.2, 0.25) is 0 Å². The minimum atomic E-state index is -1.45. The van der Waals surface area contributed by atoms with Gasteiger partial charge in [-0.15, -0.1) is 0 Å². The van der Waals surface area contributed by atoms with Gasteiger partial charge in [-0.25, -0.2) is 0 Å². The van der Waals surface area contributed by atoms with Crippen LogP contribution >= 0.6 is 17.2 Å². The Balaban J connectivity index is 0.934. The van der Waals surface area contributed by atoms with Crippen LogP contribution in [0.25, 0.3) is 0 Å². The summed E-state index contributed by atoms with van der Waals surface area (Å²) in [6.45, 7) is 11.2. The van der Waals surface area contributed by atoms with Crippen molar-refractivity contribution in [2.75, 3.05) is 13.2 Å². The minimum absolute atomic E-state index is 0.189. The van der Waals surface area contributed by atoms with Crippen LogP contribution in [0.15, 0.2) is 48.5 Å². The van der Waals surface area contributed by atoms with Gasteiger partial charge >= 0.3 is 17.2 Å². The summed E-state index contributed by atoms with van der Waals surface area (Å²) in [4.78, 5) is 0. The SMILES string of the molecule is CCCCCCCCCCCCCOP(Oc1ccc(C2CCCCC2)cc1)OC1CCC(C(C)(C)C2CCC(OP(OCCCCCCCCCCCCC)Oc3ccc(C4CCCCC4)cc3)CC2)CC1. The van der Waals surface area contributed by atoms with Crippen molar-refractivity contribution in [3.8, 4) is 11.5 Å². The number of hydrogen-bond acceptors (Lipinski definition) is 6. The first-order valence-electron chi connectivity index (χ1n) is 31.7. The van der Waals surface area contributed by atoms with E-state index in [0.29, 0.717) is 36.9 Å². The molecule has 73 heavy (non-hydrogen) atoms. The van der Waals surface area contributed by atoms with Gasteiger partial charge in [0.25, 0.3) is 0 Å². The van der Waals surface area contributed by atoms with Crippen LogP contribution in [0.3, 0.4) is 0 Å². The molecule has 2 aromatic carbocycles. The molecule has 8 heteroatoms. The highest BCUT2D eigenvalue weighted by molar-refractivity contribution is 7.42. The predicted molar refractivity (Wildman–Crippen MR) is 312 cm³/mol. The average Bonchev–Trinajstić information content (AvgIpc) is 3.42. The van der Waals surface area contributed by atoms with E-state index in [1.807, 2.05) is 0 Å². The lowest BCUT2D eigenvalue weighted by molar-refractivity contribution is 0.00601. The Bertz CT molecular complexity index is 1510. The smallest absolute Gasteiger partial charge is 0.397 e. The zero-order valence-electron chi connectivity index (χ0n) is 47.6. The minimum Gasteiger partial charge on any atom is -0.427 e. The molecule has 6 rings (SSSR count). The molecule has 0 amide bonds. The third-order valence-electron chi connectivity index (χ3n) is 18.1. The quantitative estimate of drug-likeness (QED) is 0.0493. The Morgan fingerprint density at radius 1 is 0.370 bits per heavy atom. The fourth-order valence-corrected chi connectivity index (χ4v) is 15.4. The first-order valence-corrected chi connectivity index (χ1v) is 33.9. The van der Waals surface area contributed by atoms with Gasteiger partial charge in [0.1, 0.15) is 11.5 Å². The van der Waals surface area contributed by atoms with Crippen molar-refractivity contribution in [1.29, 1.82) is 0 Å². The normalized spacial score (nSPS) is 22.3. The summed E-state index contributed by atoms with van der Waals surface area (Å²) < 4.78 is 39.9. The Kier molecular flexibility index (Phi) is 30.7. The van der Waals surface area contributed by atoms with Crippen LogP contribution < -0.4 is 9.05 Å². The van der Waals surface area contributed by atoms with Crippen molar-refractivity contribution in [3.05, 3.63) is 59.7 Å². The van der Waals surface area contributed by atoms with Crippen molar-refractivity contribution in [2.24, 2.45) is 17.3 Å². The van der Waals surface area contributed by atoms with Crippen LogP contribution in [-0.2, 0) is 18.1 Å². The molecule has 0 N–H and O–H groups in total. The molecule has 2 aromatic rings. The maximum absolute atomic E-state index is 6.83. The first-order chi connectivity index (χ1) is 35.9. The predicted octanol–water partition coefficient (Wildman–Crippen LogP) is 22.5. The molecule has 416 valence electrons. The van der Waals surface area contributed by atoms with Gasteiger partial charge in [-0.3, -0.25) is 9.05 Å². The number of rotatable bonds is 38. The summed E-state index contributed by atoms with van der Waals surface area (Å²) in [6, 6.07) is 17.9. The Labute approximate surface area is 452 Å². The summed E-state index contributed by atoms with van der Waals surface area (Å²) in [5, 5.41) is 0. The van der Waals surface area contributed by atoms with Gasteiger partial charge in [0, 0.05) is 0 Å². The van der Waals surface area contributed by atoms with Gasteiger partial charge < -0.3 is 18.1 Å². The third kappa shape index (κ3) is 23.7. The largest absolute Gasteiger partial charge is 0.427 e. The Hall–Kier alpha value is -1.26. The zero-order chi connectivity index (χ0) is 51.0. The molecule has 2 unspecified atom stereocenters. The number of unbranched alkanes of at least 4 members (excludes halogenated alkanes) is 20. The molecule has 0 heterocycles. The molecular formula is C65H110O6P2. The molecule has 0 saturated heterocycles. The fraction of sp³-hybridized carbons (Fsp3) is 0.815. The summed E-state index contributed by atoms with van der Waals surface area (Å²) in [5.41, 5.74) is 3.20. The van der Waals surface area contributed by atoms with Crippen molar-refractivity contribution in [2.45, 2.75) is 309 Å². The summed E-state index contributed by atoms with van der Waals surface area (Å²) in [6.07, 6.45) is 52.3. The summed E-state index contributed by atoms with van der Waals surface area (Å²) in [7, 11) is -2.91. The first kappa shape index (κ1) is 61.0. The van der Waals surface area contributed by atoms with E-state index in [4.69, 9.17) is 27.1 Å². The van der Waals surface area contributed by atoms with Crippen molar-refractivity contribution in [1.82, 2.24) is 0 Å². The Morgan fingerprint density at radius 3 is 0.986 bits per heavy atom. The maximum atomic E-state index is 6.83. The standard InChI is InChI=1S/C65H110O6P2/c1-5-7-9-11-13-15-17-19-21-23-31-53-66-72(68-61-45-37-57(38-46-61)55-33-27-25-28-34-55)70-63-49-41-59(42-50-63)65(3,4)60-43-51-64(52-44-60)71-73(67-54-32-24-22-20-18-16-14-12-10-8-6-2)69-62-47-39-58(40-48-62)56-35-29-26-30-36-56/h37-40,45-48,55-56,59-60,63-64H,5-36,41-44,49-54H2,1-4H3. The van der Waals surface area contributed by atoms with E-state index in [1.165, 1.54) is 229 Å². The van der Waals surface area contributed by atoms with Gasteiger partial charge in [0.15, 0.2) is 0 Å². The highest BCUT2D eigenvalue weighted by Gasteiger charge is 2.42. The highest BCUT2D eigenvalue weighted by Crippen LogP contribution is 2.53. The van der Waals surface area contributed by atoms with E-state index in [9.17, 15) is 0 Å². The van der Waals surface area contributed by atoms with Gasteiger partial charge in [-0.2, -0.15) is 0 Å². The topological polar surface area (TPSA) is 55.4 Å². The molecule has 0 spiro atoms. The van der Waals surface area contributed by atoms with E-state index in [2.05, 4.69) is 76.2 Å². The summed E-state index contributed by atoms with van der Waals surface area (Å²) >= 11 is 0.